The summed E-state index contributed by atoms with van der Waals surface area (Å²) in [5.74, 6) is -1.60. The minimum Gasteiger partial charge on any atom is -0.478 e. The van der Waals surface area contributed by atoms with Crippen LogP contribution in [0.25, 0.3) is 0 Å². The molecule has 0 saturated carbocycles. The van der Waals surface area contributed by atoms with Crippen molar-refractivity contribution in [3.8, 4) is 0 Å². The normalized spacial score (nSPS) is 13.7. The van der Waals surface area contributed by atoms with Crippen molar-refractivity contribution in [2.45, 2.75) is 39.7 Å². The second-order valence-corrected chi connectivity index (χ2v) is 5.29. The Hall–Kier alpha value is -1.88. The molecule has 0 aliphatic heterocycles. The van der Waals surface area contributed by atoms with Crippen LogP contribution in [0.5, 0.6) is 0 Å². The van der Waals surface area contributed by atoms with E-state index >= 15 is 0 Å². The Kier molecular flexibility index (Phi) is 4.89. The number of aliphatic hydroxyl groups is 1. The molecule has 0 spiro atoms. The Balaban J connectivity index is 3.10. The number of carboxylic acid groups (broad SMARTS) is 1. The predicted octanol–water partition coefficient (Wildman–Crippen LogP) is 1.89. The zero-order chi connectivity index (χ0) is 15.5. The third kappa shape index (κ3) is 3.57. The van der Waals surface area contributed by atoms with Gasteiger partial charge in [-0.15, -0.1) is 0 Å². The monoisotopic (exact) mass is 279 g/mol. The molecule has 1 amide bonds. The van der Waals surface area contributed by atoms with E-state index in [1.165, 1.54) is 0 Å². The topological polar surface area (TPSA) is 86.6 Å². The van der Waals surface area contributed by atoms with Crippen LogP contribution in [0.3, 0.4) is 0 Å². The molecule has 0 radical (unpaired) electrons. The van der Waals surface area contributed by atoms with Gasteiger partial charge in [-0.2, -0.15) is 0 Å². The molecule has 0 bridgehead atoms. The lowest BCUT2D eigenvalue weighted by atomic mass is 9.96. The van der Waals surface area contributed by atoms with Gasteiger partial charge in [0, 0.05) is 6.54 Å². The second kappa shape index (κ2) is 6.05. The summed E-state index contributed by atoms with van der Waals surface area (Å²) in [6.07, 6.45) is 0.492. The molecule has 0 saturated heterocycles. The zero-order valence-corrected chi connectivity index (χ0v) is 12.3. The Morgan fingerprint density at radius 2 is 1.70 bits per heavy atom. The van der Waals surface area contributed by atoms with E-state index in [1.54, 1.807) is 32.9 Å². The quantitative estimate of drug-likeness (QED) is 0.768. The van der Waals surface area contributed by atoms with Crippen LogP contribution in [0, 0.1) is 13.8 Å². The van der Waals surface area contributed by atoms with Crippen molar-refractivity contribution >= 4 is 11.9 Å². The van der Waals surface area contributed by atoms with Gasteiger partial charge in [0.25, 0.3) is 5.91 Å². The van der Waals surface area contributed by atoms with Crippen molar-refractivity contribution in [3.05, 3.63) is 34.4 Å². The van der Waals surface area contributed by atoms with Gasteiger partial charge in [0.15, 0.2) is 0 Å². The highest BCUT2D eigenvalue weighted by Crippen LogP contribution is 2.19. The number of aryl methyl sites for hydroxylation is 2. The molecule has 5 heteroatoms. The number of amides is 1. The molecule has 0 aliphatic carbocycles. The van der Waals surface area contributed by atoms with Gasteiger partial charge in [-0.3, -0.25) is 4.79 Å². The summed E-state index contributed by atoms with van der Waals surface area (Å²) in [4.78, 5) is 23.5. The van der Waals surface area contributed by atoms with Crippen LogP contribution in [0.4, 0.5) is 0 Å². The lowest BCUT2D eigenvalue weighted by Gasteiger charge is -2.22. The standard InChI is InChI=1S/C15H21NO4/c1-5-15(4,20)8-16-13(17)11-9(2)6-7-10(3)12(11)14(18)19/h6-7,20H,5,8H2,1-4H3,(H,16,17)(H,18,19). The largest absolute Gasteiger partial charge is 0.478 e. The number of carbonyl (C=O) groups is 2. The van der Waals surface area contributed by atoms with Gasteiger partial charge in [-0.1, -0.05) is 19.1 Å². The van der Waals surface area contributed by atoms with Gasteiger partial charge < -0.3 is 15.5 Å². The molecule has 0 heterocycles. The lowest BCUT2D eigenvalue weighted by molar-refractivity contribution is 0.0517. The van der Waals surface area contributed by atoms with E-state index in [-0.39, 0.29) is 17.7 Å². The van der Waals surface area contributed by atoms with Crippen LogP contribution in [0.2, 0.25) is 0 Å². The van der Waals surface area contributed by atoms with Gasteiger partial charge in [0.1, 0.15) is 0 Å². The van der Waals surface area contributed by atoms with Crippen molar-refractivity contribution in [1.82, 2.24) is 5.32 Å². The number of benzene rings is 1. The van der Waals surface area contributed by atoms with Crippen molar-refractivity contribution in [2.75, 3.05) is 6.54 Å². The number of carbonyl (C=O) groups excluding carboxylic acids is 1. The molecule has 0 fully saturated rings. The molecule has 0 aromatic heterocycles. The molecule has 3 N–H and O–H groups in total. The highest BCUT2D eigenvalue weighted by atomic mass is 16.4. The van der Waals surface area contributed by atoms with Crippen LogP contribution in [0.1, 0.15) is 52.1 Å². The van der Waals surface area contributed by atoms with Gasteiger partial charge in [0.2, 0.25) is 0 Å². The van der Waals surface area contributed by atoms with Crippen molar-refractivity contribution < 1.29 is 19.8 Å². The van der Waals surface area contributed by atoms with E-state index < -0.39 is 17.5 Å². The van der Waals surface area contributed by atoms with Crippen LogP contribution < -0.4 is 5.32 Å². The Bertz CT molecular complexity index is 535. The van der Waals surface area contributed by atoms with Crippen LogP contribution >= 0.6 is 0 Å². The molecular weight excluding hydrogens is 258 g/mol. The minimum atomic E-state index is -1.13. The first-order valence-corrected chi connectivity index (χ1v) is 6.53. The first-order valence-electron chi connectivity index (χ1n) is 6.53. The maximum Gasteiger partial charge on any atom is 0.336 e. The molecule has 0 aliphatic rings. The van der Waals surface area contributed by atoms with Crippen molar-refractivity contribution in [3.63, 3.8) is 0 Å². The van der Waals surface area contributed by atoms with Crippen molar-refractivity contribution in [2.24, 2.45) is 0 Å². The van der Waals surface area contributed by atoms with E-state index in [1.807, 2.05) is 6.92 Å². The Morgan fingerprint density at radius 1 is 1.20 bits per heavy atom. The number of hydrogen-bond donors (Lipinski definition) is 3. The number of nitrogens with one attached hydrogen (secondary N) is 1. The second-order valence-electron chi connectivity index (χ2n) is 5.29. The van der Waals surface area contributed by atoms with Crippen molar-refractivity contribution in [1.29, 1.82) is 0 Å². The molecule has 5 nitrogen and oxygen atoms in total. The smallest absolute Gasteiger partial charge is 0.336 e. The van der Waals surface area contributed by atoms with Crippen LogP contribution in [0.15, 0.2) is 12.1 Å². The highest BCUT2D eigenvalue weighted by molar-refractivity contribution is 6.06. The van der Waals surface area contributed by atoms with Gasteiger partial charge in [0.05, 0.1) is 16.7 Å². The summed E-state index contributed by atoms with van der Waals surface area (Å²) in [5.41, 5.74) is 0.303. The van der Waals surface area contributed by atoms with Gasteiger partial charge in [-0.25, -0.2) is 4.79 Å². The summed E-state index contributed by atoms with van der Waals surface area (Å²) >= 11 is 0. The van der Waals surface area contributed by atoms with E-state index in [2.05, 4.69) is 5.32 Å². The molecule has 1 aromatic rings. The average Bonchev–Trinajstić information content (AvgIpc) is 2.38. The maximum absolute atomic E-state index is 12.2. The zero-order valence-electron chi connectivity index (χ0n) is 12.3. The van der Waals surface area contributed by atoms with Gasteiger partial charge >= 0.3 is 5.97 Å². The summed E-state index contributed by atoms with van der Waals surface area (Å²) < 4.78 is 0. The molecule has 110 valence electrons. The first kappa shape index (κ1) is 16.2. The fraction of sp³-hybridized carbons (Fsp3) is 0.467. The van der Waals surface area contributed by atoms with E-state index in [0.717, 1.165) is 0 Å². The number of carboxylic acids is 1. The third-order valence-corrected chi connectivity index (χ3v) is 3.45. The molecule has 1 aromatic carbocycles. The molecule has 1 rings (SSSR count). The lowest BCUT2D eigenvalue weighted by Crippen LogP contribution is -2.40. The Morgan fingerprint density at radius 3 is 2.15 bits per heavy atom. The summed E-state index contributed by atoms with van der Waals surface area (Å²) in [7, 11) is 0. The summed E-state index contributed by atoms with van der Waals surface area (Å²) in [6, 6.07) is 3.40. The Labute approximate surface area is 118 Å². The fourth-order valence-electron chi connectivity index (χ4n) is 1.86. The predicted molar refractivity (Wildman–Crippen MR) is 76.1 cm³/mol. The first-order chi connectivity index (χ1) is 9.19. The molecule has 1 atom stereocenters. The van der Waals surface area contributed by atoms with Crippen LogP contribution in [-0.4, -0.2) is 34.2 Å². The van der Waals surface area contributed by atoms with Gasteiger partial charge in [-0.05, 0) is 38.3 Å². The highest BCUT2D eigenvalue weighted by Gasteiger charge is 2.24. The fourth-order valence-corrected chi connectivity index (χ4v) is 1.86. The SMILES string of the molecule is CCC(C)(O)CNC(=O)c1c(C)ccc(C)c1C(=O)O. The minimum absolute atomic E-state index is 0.0126. The molecular formula is C15H21NO4. The number of hydrogen-bond acceptors (Lipinski definition) is 3. The average molecular weight is 279 g/mol. The van der Waals surface area contributed by atoms with E-state index in [9.17, 15) is 19.8 Å². The maximum atomic E-state index is 12.2. The molecule has 20 heavy (non-hydrogen) atoms. The van der Waals surface area contributed by atoms with E-state index in [4.69, 9.17) is 0 Å². The summed E-state index contributed by atoms with van der Waals surface area (Å²) in [6.45, 7) is 6.86. The summed E-state index contributed by atoms with van der Waals surface area (Å²) in [5, 5.41) is 21.8. The van der Waals surface area contributed by atoms with Crippen LogP contribution in [-0.2, 0) is 0 Å². The third-order valence-electron chi connectivity index (χ3n) is 3.45. The number of aromatic carboxylic acids is 1. The van der Waals surface area contributed by atoms with E-state index in [0.29, 0.717) is 17.5 Å². The molecule has 1 unspecified atom stereocenters. The number of rotatable bonds is 5.